The quantitative estimate of drug-likeness (QED) is 0.824. The smallest absolute Gasteiger partial charge is 0.240 e. The number of rotatable bonds is 4. The van der Waals surface area contributed by atoms with Crippen molar-refractivity contribution in [1.82, 2.24) is 0 Å². The van der Waals surface area contributed by atoms with Crippen LogP contribution in [0.1, 0.15) is 35.1 Å². The Morgan fingerprint density at radius 1 is 0.962 bits per heavy atom. The van der Waals surface area contributed by atoms with Crippen molar-refractivity contribution in [3.8, 4) is 6.07 Å². The number of carbonyl (C=O) groups is 2. The van der Waals surface area contributed by atoms with Crippen LogP contribution in [0.4, 0.5) is 11.4 Å². The highest BCUT2D eigenvalue weighted by Crippen LogP contribution is 2.47. The van der Waals surface area contributed by atoms with Crippen molar-refractivity contribution >= 4 is 23.2 Å². The van der Waals surface area contributed by atoms with E-state index in [4.69, 9.17) is 5.26 Å². The first-order valence-corrected chi connectivity index (χ1v) is 8.57. The molecule has 3 rings (SSSR count). The summed E-state index contributed by atoms with van der Waals surface area (Å²) in [6, 6.07) is 12.7. The molecule has 0 radical (unpaired) electrons. The van der Waals surface area contributed by atoms with Crippen LogP contribution >= 0.6 is 0 Å². The molecule has 0 bridgehead atoms. The first kappa shape index (κ1) is 17.7. The van der Waals surface area contributed by atoms with E-state index in [0.29, 0.717) is 24.1 Å². The second-order valence-electron chi connectivity index (χ2n) is 6.95. The van der Waals surface area contributed by atoms with E-state index >= 15 is 0 Å². The molecule has 26 heavy (non-hydrogen) atoms. The highest BCUT2D eigenvalue weighted by molar-refractivity contribution is 6.17. The summed E-state index contributed by atoms with van der Waals surface area (Å²) in [5.74, 6) is -0.569. The van der Waals surface area contributed by atoms with Crippen molar-refractivity contribution in [2.45, 2.75) is 33.6 Å². The molecule has 2 N–H and O–H groups in total. The maximum Gasteiger partial charge on any atom is 0.240 e. The highest BCUT2D eigenvalue weighted by atomic mass is 16.2. The molecular weight excluding hydrogens is 326 g/mol. The second-order valence-corrected chi connectivity index (χ2v) is 6.95. The van der Waals surface area contributed by atoms with Gasteiger partial charge in [0, 0.05) is 11.4 Å². The third-order valence-corrected chi connectivity index (χ3v) is 4.81. The van der Waals surface area contributed by atoms with E-state index in [-0.39, 0.29) is 11.8 Å². The Kier molecular flexibility index (Phi) is 4.52. The first-order chi connectivity index (χ1) is 12.4. The fraction of sp³-hybridized carbons (Fsp3) is 0.286. The number of benzene rings is 2. The summed E-state index contributed by atoms with van der Waals surface area (Å²) in [4.78, 5) is 25.5. The number of nitrogens with zero attached hydrogens (tertiary/aromatic N) is 1. The second kappa shape index (κ2) is 6.64. The summed E-state index contributed by atoms with van der Waals surface area (Å²) in [5, 5.41) is 14.6. The largest absolute Gasteiger partial charge is 0.325 e. The minimum atomic E-state index is -1.02. The molecular formula is C21H21N3O2. The standard InChI is InChI=1S/C21H21N3O2/c1-13-10-14(2)18(15(3)11-13)24-20(26)21(8-9-21)19(25)23-17-6-4-16(12-22)5-7-17/h4-7,10-11H,8-9H2,1-3H3,(H,23,25)(H,24,26). The van der Waals surface area contributed by atoms with Gasteiger partial charge in [-0.3, -0.25) is 9.59 Å². The molecule has 2 aromatic carbocycles. The molecule has 1 aliphatic carbocycles. The van der Waals surface area contributed by atoms with Gasteiger partial charge in [0.1, 0.15) is 5.41 Å². The number of nitrogens with one attached hydrogen (secondary N) is 2. The lowest BCUT2D eigenvalue weighted by atomic mass is 10.0. The molecule has 0 unspecified atom stereocenters. The van der Waals surface area contributed by atoms with Crippen molar-refractivity contribution in [3.63, 3.8) is 0 Å². The summed E-state index contributed by atoms with van der Waals surface area (Å²) in [5.41, 5.74) is 3.97. The van der Waals surface area contributed by atoms with Crippen molar-refractivity contribution in [3.05, 3.63) is 58.7 Å². The van der Waals surface area contributed by atoms with Gasteiger partial charge in [0.2, 0.25) is 11.8 Å². The van der Waals surface area contributed by atoms with Crippen LogP contribution in [-0.2, 0) is 9.59 Å². The van der Waals surface area contributed by atoms with Gasteiger partial charge in [-0.15, -0.1) is 0 Å². The molecule has 1 saturated carbocycles. The van der Waals surface area contributed by atoms with Crippen LogP contribution in [0.2, 0.25) is 0 Å². The number of anilines is 2. The van der Waals surface area contributed by atoms with E-state index in [2.05, 4.69) is 10.6 Å². The fourth-order valence-corrected chi connectivity index (χ4v) is 3.17. The predicted octanol–water partition coefficient (Wildman–Crippen LogP) is 3.84. The topological polar surface area (TPSA) is 82.0 Å². The van der Waals surface area contributed by atoms with E-state index < -0.39 is 5.41 Å². The van der Waals surface area contributed by atoms with Gasteiger partial charge >= 0.3 is 0 Å². The molecule has 1 aliphatic rings. The van der Waals surface area contributed by atoms with E-state index in [1.54, 1.807) is 24.3 Å². The summed E-state index contributed by atoms with van der Waals surface area (Å²) in [6.45, 7) is 5.91. The summed E-state index contributed by atoms with van der Waals surface area (Å²) >= 11 is 0. The minimum Gasteiger partial charge on any atom is -0.325 e. The van der Waals surface area contributed by atoms with Crippen LogP contribution in [0, 0.1) is 37.5 Å². The Balaban J connectivity index is 1.74. The molecule has 5 nitrogen and oxygen atoms in total. The zero-order chi connectivity index (χ0) is 18.9. The van der Waals surface area contributed by atoms with Crippen molar-refractivity contribution in [1.29, 1.82) is 5.26 Å². The van der Waals surface area contributed by atoms with Crippen molar-refractivity contribution in [2.75, 3.05) is 10.6 Å². The van der Waals surface area contributed by atoms with E-state index in [1.165, 1.54) is 0 Å². The number of aryl methyl sites for hydroxylation is 3. The van der Waals surface area contributed by atoms with Gasteiger partial charge in [-0.05, 0) is 69.0 Å². The fourth-order valence-electron chi connectivity index (χ4n) is 3.17. The number of carbonyl (C=O) groups excluding carboxylic acids is 2. The summed E-state index contributed by atoms with van der Waals surface area (Å²) < 4.78 is 0. The average Bonchev–Trinajstić information content (AvgIpc) is 3.40. The number of hydrogen-bond donors (Lipinski definition) is 2. The van der Waals surface area contributed by atoms with Gasteiger partial charge in [0.05, 0.1) is 11.6 Å². The first-order valence-electron chi connectivity index (χ1n) is 8.57. The number of nitriles is 1. The summed E-state index contributed by atoms with van der Waals surface area (Å²) in [7, 11) is 0. The molecule has 0 aromatic heterocycles. The van der Waals surface area contributed by atoms with E-state index in [9.17, 15) is 9.59 Å². The Hall–Kier alpha value is -3.13. The lowest BCUT2D eigenvalue weighted by Gasteiger charge is -2.18. The predicted molar refractivity (Wildman–Crippen MR) is 101 cm³/mol. The Morgan fingerprint density at radius 3 is 2.00 bits per heavy atom. The third-order valence-electron chi connectivity index (χ3n) is 4.81. The molecule has 0 atom stereocenters. The monoisotopic (exact) mass is 347 g/mol. The maximum atomic E-state index is 12.8. The van der Waals surface area contributed by atoms with Crippen molar-refractivity contribution in [2.24, 2.45) is 5.41 Å². The SMILES string of the molecule is Cc1cc(C)c(NC(=O)C2(C(=O)Nc3ccc(C#N)cc3)CC2)c(C)c1. The summed E-state index contributed by atoms with van der Waals surface area (Å²) in [6.07, 6.45) is 1.07. The normalized spacial score (nSPS) is 14.2. The molecule has 1 fully saturated rings. The molecule has 0 saturated heterocycles. The molecule has 0 spiro atoms. The lowest BCUT2D eigenvalue weighted by molar-refractivity contribution is -0.131. The average molecular weight is 347 g/mol. The Bertz CT molecular complexity index is 896. The lowest BCUT2D eigenvalue weighted by Crippen LogP contribution is -2.36. The maximum absolute atomic E-state index is 12.8. The van der Waals surface area contributed by atoms with Crippen LogP contribution < -0.4 is 10.6 Å². The van der Waals surface area contributed by atoms with Gasteiger partial charge in [-0.2, -0.15) is 5.26 Å². The van der Waals surface area contributed by atoms with Crippen LogP contribution in [0.5, 0.6) is 0 Å². The highest BCUT2D eigenvalue weighted by Gasteiger charge is 2.56. The van der Waals surface area contributed by atoms with E-state index in [1.807, 2.05) is 39.0 Å². The minimum absolute atomic E-state index is 0.265. The van der Waals surface area contributed by atoms with Crippen molar-refractivity contribution < 1.29 is 9.59 Å². The zero-order valence-electron chi connectivity index (χ0n) is 15.1. The molecule has 2 amide bonds. The van der Waals surface area contributed by atoms with Gasteiger partial charge in [-0.1, -0.05) is 17.7 Å². The molecule has 132 valence electrons. The van der Waals surface area contributed by atoms with Gasteiger partial charge in [0.25, 0.3) is 0 Å². The molecule has 2 aromatic rings. The van der Waals surface area contributed by atoms with Crippen LogP contribution in [-0.4, -0.2) is 11.8 Å². The van der Waals surface area contributed by atoms with Crippen LogP contribution in [0.25, 0.3) is 0 Å². The molecule has 0 aliphatic heterocycles. The van der Waals surface area contributed by atoms with Gasteiger partial charge in [-0.25, -0.2) is 0 Å². The Morgan fingerprint density at radius 2 is 1.50 bits per heavy atom. The Labute approximate surface area is 153 Å². The van der Waals surface area contributed by atoms with Gasteiger partial charge in [0.15, 0.2) is 0 Å². The van der Waals surface area contributed by atoms with Crippen LogP contribution in [0.3, 0.4) is 0 Å². The van der Waals surface area contributed by atoms with Crippen LogP contribution in [0.15, 0.2) is 36.4 Å². The van der Waals surface area contributed by atoms with E-state index in [0.717, 1.165) is 22.4 Å². The van der Waals surface area contributed by atoms with Gasteiger partial charge < -0.3 is 10.6 Å². The molecule has 0 heterocycles. The number of amides is 2. The molecule has 5 heteroatoms. The number of hydrogen-bond acceptors (Lipinski definition) is 3. The third kappa shape index (κ3) is 3.31. The zero-order valence-corrected chi connectivity index (χ0v) is 15.1.